The van der Waals surface area contributed by atoms with E-state index in [9.17, 15) is 4.79 Å². The van der Waals surface area contributed by atoms with Gasteiger partial charge in [0.1, 0.15) is 0 Å². The lowest BCUT2D eigenvalue weighted by Gasteiger charge is -2.33. The molecule has 1 unspecified atom stereocenters. The first-order chi connectivity index (χ1) is 9.62. The molecule has 1 aliphatic carbocycles. The van der Waals surface area contributed by atoms with Crippen molar-refractivity contribution >= 4 is 23.1 Å². The van der Waals surface area contributed by atoms with Crippen molar-refractivity contribution in [2.75, 3.05) is 6.61 Å². The number of nitrogens with two attached hydrogens (primary N) is 1. The van der Waals surface area contributed by atoms with Crippen LogP contribution >= 0.6 is 12.2 Å². The Balaban J connectivity index is 1.92. The van der Waals surface area contributed by atoms with Gasteiger partial charge in [0.25, 0.3) is 0 Å². The molecule has 1 amide bonds. The first kappa shape index (κ1) is 15.7. The van der Waals surface area contributed by atoms with Crippen molar-refractivity contribution in [2.24, 2.45) is 5.73 Å². The third kappa shape index (κ3) is 4.16. The van der Waals surface area contributed by atoms with Gasteiger partial charge in [-0.25, -0.2) is 0 Å². The van der Waals surface area contributed by atoms with Crippen LogP contribution in [0.1, 0.15) is 64.2 Å². The smallest absolute Gasteiger partial charge is 0.223 e. The SMILES string of the molecule is NC(=S)C1(NC(=O)CC2CCCCO2)CCCCCC1. The maximum Gasteiger partial charge on any atom is 0.223 e. The van der Waals surface area contributed by atoms with Crippen molar-refractivity contribution < 1.29 is 9.53 Å². The summed E-state index contributed by atoms with van der Waals surface area (Å²) in [4.78, 5) is 12.7. The predicted molar refractivity (Wildman–Crippen MR) is 83.6 cm³/mol. The van der Waals surface area contributed by atoms with Crippen LogP contribution in [0, 0.1) is 0 Å². The van der Waals surface area contributed by atoms with Crippen molar-refractivity contribution in [1.29, 1.82) is 0 Å². The number of rotatable bonds is 4. The second-order valence-corrected chi connectivity index (χ2v) is 6.54. The van der Waals surface area contributed by atoms with Gasteiger partial charge in [-0.1, -0.05) is 37.9 Å². The quantitative estimate of drug-likeness (QED) is 0.618. The molecule has 2 rings (SSSR count). The zero-order valence-corrected chi connectivity index (χ0v) is 13.0. The molecule has 2 fully saturated rings. The highest BCUT2D eigenvalue weighted by Crippen LogP contribution is 2.28. The van der Waals surface area contributed by atoms with Crippen LogP contribution in [0.5, 0.6) is 0 Å². The number of carbonyl (C=O) groups excluding carboxylic acids is 1. The van der Waals surface area contributed by atoms with Crippen LogP contribution in [-0.4, -0.2) is 29.1 Å². The molecule has 0 bridgehead atoms. The first-order valence-corrected chi connectivity index (χ1v) is 8.26. The third-order valence-electron chi connectivity index (χ3n) is 4.49. The van der Waals surface area contributed by atoms with E-state index in [1.165, 1.54) is 12.8 Å². The Labute approximate surface area is 126 Å². The second-order valence-electron chi connectivity index (χ2n) is 6.10. The van der Waals surface area contributed by atoms with Gasteiger partial charge in [-0.3, -0.25) is 4.79 Å². The number of thiocarbonyl (C=S) groups is 1. The normalized spacial score (nSPS) is 26.5. The topological polar surface area (TPSA) is 64.3 Å². The Hall–Kier alpha value is -0.680. The Kier molecular flexibility index (Phi) is 5.78. The van der Waals surface area contributed by atoms with Gasteiger partial charge in [0.2, 0.25) is 5.91 Å². The number of nitrogens with one attached hydrogen (secondary N) is 1. The molecule has 114 valence electrons. The minimum Gasteiger partial charge on any atom is -0.391 e. The molecule has 20 heavy (non-hydrogen) atoms. The van der Waals surface area contributed by atoms with Gasteiger partial charge >= 0.3 is 0 Å². The van der Waals surface area contributed by atoms with E-state index < -0.39 is 5.54 Å². The van der Waals surface area contributed by atoms with Gasteiger partial charge in [0, 0.05) is 6.61 Å². The lowest BCUT2D eigenvalue weighted by molar-refractivity contribution is -0.126. The Bertz CT molecular complexity index is 346. The summed E-state index contributed by atoms with van der Waals surface area (Å²) in [6.45, 7) is 0.776. The molecule has 5 heteroatoms. The molecule has 1 aliphatic heterocycles. The largest absolute Gasteiger partial charge is 0.391 e. The van der Waals surface area contributed by atoms with E-state index in [0.717, 1.165) is 51.6 Å². The molecule has 0 aromatic carbocycles. The van der Waals surface area contributed by atoms with Crippen molar-refractivity contribution in [3.05, 3.63) is 0 Å². The van der Waals surface area contributed by atoms with Gasteiger partial charge in [-0.05, 0) is 32.1 Å². The average molecular weight is 298 g/mol. The van der Waals surface area contributed by atoms with Crippen molar-refractivity contribution in [2.45, 2.75) is 75.9 Å². The molecular weight excluding hydrogens is 272 g/mol. The van der Waals surface area contributed by atoms with E-state index in [1.807, 2.05) is 0 Å². The molecule has 1 saturated carbocycles. The molecule has 0 radical (unpaired) electrons. The zero-order chi connectivity index (χ0) is 14.4. The van der Waals surface area contributed by atoms with E-state index in [-0.39, 0.29) is 12.0 Å². The average Bonchev–Trinajstić information content (AvgIpc) is 2.66. The van der Waals surface area contributed by atoms with Crippen LogP contribution in [0.4, 0.5) is 0 Å². The summed E-state index contributed by atoms with van der Waals surface area (Å²) >= 11 is 5.24. The van der Waals surface area contributed by atoms with Gasteiger partial charge < -0.3 is 15.8 Å². The lowest BCUT2D eigenvalue weighted by atomic mass is 9.89. The molecule has 1 atom stereocenters. The van der Waals surface area contributed by atoms with Crippen molar-refractivity contribution in [3.8, 4) is 0 Å². The molecule has 0 aromatic heterocycles. The van der Waals surface area contributed by atoms with Crippen molar-refractivity contribution in [3.63, 3.8) is 0 Å². The number of hydrogen-bond donors (Lipinski definition) is 2. The fourth-order valence-electron chi connectivity index (χ4n) is 3.26. The monoisotopic (exact) mass is 298 g/mol. The lowest BCUT2D eigenvalue weighted by Crippen LogP contribution is -2.56. The summed E-state index contributed by atoms with van der Waals surface area (Å²) in [5.74, 6) is 0.0339. The van der Waals surface area contributed by atoms with Crippen LogP contribution < -0.4 is 11.1 Å². The van der Waals surface area contributed by atoms with Crippen molar-refractivity contribution in [1.82, 2.24) is 5.32 Å². The first-order valence-electron chi connectivity index (χ1n) is 7.85. The summed E-state index contributed by atoms with van der Waals surface area (Å²) in [5.41, 5.74) is 5.48. The zero-order valence-electron chi connectivity index (χ0n) is 12.2. The van der Waals surface area contributed by atoms with E-state index in [1.54, 1.807) is 0 Å². The highest BCUT2D eigenvalue weighted by molar-refractivity contribution is 7.80. The van der Waals surface area contributed by atoms with Gasteiger partial charge in [-0.15, -0.1) is 0 Å². The van der Waals surface area contributed by atoms with Crippen LogP contribution in [0.3, 0.4) is 0 Å². The van der Waals surface area contributed by atoms with Gasteiger partial charge in [0.05, 0.1) is 23.1 Å². The minimum atomic E-state index is -0.461. The summed E-state index contributed by atoms with van der Waals surface area (Å²) in [5, 5.41) is 3.13. The molecular formula is C15H26N2O2S. The second kappa shape index (κ2) is 7.36. The third-order valence-corrected chi connectivity index (χ3v) is 4.89. The van der Waals surface area contributed by atoms with E-state index in [2.05, 4.69) is 5.32 Å². The van der Waals surface area contributed by atoms with Crippen LogP contribution in [-0.2, 0) is 9.53 Å². The van der Waals surface area contributed by atoms with E-state index in [0.29, 0.717) is 11.4 Å². The summed E-state index contributed by atoms with van der Waals surface area (Å²) in [6, 6.07) is 0. The summed E-state index contributed by atoms with van der Waals surface area (Å²) in [7, 11) is 0. The van der Waals surface area contributed by atoms with Crippen LogP contribution in [0.15, 0.2) is 0 Å². The Morgan fingerprint density at radius 3 is 2.45 bits per heavy atom. The molecule has 1 heterocycles. The molecule has 1 saturated heterocycles. The predicted octanol–water partition coefficient (Wildman–Crippen LogP) is 2.44. The number of carbonyl (C=O) groups is 1. The molecule has 3 N–H and O–H groups in total. The van der Waals surface area contributed by atoms with Crippen LogP contribution in [0.2, 0.25) is 0 Å². The fourth-order valence-corrected chi connectivity index (χ4v) is 3.51. The maximum absolute atomic E-state index is 12.3. The molecule has 0 aromatic rings. The fraction of sp³-hybridized carbons (Fsp3) is 0.867. The Morgan fingerprint density at radius 1 is 1.20 bits per heavy atom. The number of ether oxygens (including phenoxy) is 1. The molecule has 2 aliphatic rings. The van der Waals surface area contributed by atoms with E-state index >= 15 is 0 Å². The van der Waals surface area contributed by atoms with Gasteiger partial charge in [-0.2, -0.15) is 0 Å². The van der Waals surface area contributed by atoms with E-state index in [4.69, 9.17) is 22.7 Å². The number of amides is 1. The molecule has 4 nitrogen and oxygen atoms in total. The highest BCUT2D eigenvalue weighted by atomic mass is 32.1. The standard InChI is InChI=1S/C15H26N2O2S/c16-14(20)15(8-4-1-2-5-9-15)17-13(18)11-12-7-3-6-10-19-12/h12H,1-11H2,(H2,16,20)(H,17,18). The molecule has 0 spiro atoms. The maximum atomic E-state index is 12.3. The summed E-state index contributed by atoms with van der Waals surface area (Å²) in [6.07, 6.45) is 10.1. The summed E-state index contributed by atoms with van der Waals surface area (Å²) < 4.78 is 5.63. The highest BCUT2D eigenvalue weighted by Gasteiger charge is 2.36. The van der Waals surface area contributed by atoms with Gasteiger partial charge in [0.15, 0.2) is 0 Å². The van der Waals surface area contributed by atoms with Crippen LogP contribution in [0.25, 0.3) is 0 Å². The minimum absolute atomic E-state index is 0.0339. The Morgan fingerprint density at radius 2 is 1.90 bits per heavy atom. The number of hydrogen-bond acceptors (Lipinski definition) is 3.